The van der Waals surface area contributed by atoms with E-state index in [4.69, 9.17) is 0 Å². The molecule has 20 heavy (non-hydrogen) atoms. The normalized spacial score (nSPS) is 19.0. The maximum Gasteiger partial charge on any atom is 0.274 e. The maximum atomic E-state index is 12.4. The number of aromatic nitrogens is 2. The van der Waals surface area contributed by atoms with Crippen LogP contribution in [0.5, 0.6) is 0 Å². The fraction of sp³-hybridized carbons (Fsp3) is 0.714. The van der Waals surface area contributed by atoms with Crippen LogP contribution < -0.4 is 5.32 Å². The molecule has 2 heterocycles. The molecule has 1 saturated heterocycles. The lowest BCUT2D eigenvalue weighted by Crippen LogP contribution is -2.42. The summed E-state index contributed by atoms with van der Waals surface area (Å²) in [5.74, 6) is 0.989. The molecule has 1 aromatic rings. The van der Waals surface area contributed by atoms with Crippen LogP contribution in [0.3, 0.4) is 0 Å². The van der Waals surface area contributed by atoms with E-state index in [0.29, 0.717) is 17.5 Å². The van der Waals surface area contributed by atoms with Gasteiger partial charge in [-0.05, 0) is 44.3 Å². The summed E-state index contributed by atoms with van der Waals surface area (Å²) in [5.41, 5.74) is 1.57. The van der Waals surface area contributed by atoms with Gasteiger partial charge in [-0.15, -0.1) is 12.4 Å². The van der Waals surface area contributed by atoms with Gasteiger partial charge in [-0.1, -0.05) is 13.8 Å². The van der Waals surface area contributed by atoms with Crippen molar-refractivity contribution in [1.29, 1.82) is 0 Å². The van der Waals surface area contributed by atoms with Gasteiger partial charge in [0.25, 0.3) is 5.91 Å². The summed E-state index contributed by atoms with van der Waals surface area (Å²) in [7, 11) is 1.96. The zero-order valence-corrected chi connectivity index (χ0v) is 13.3. The number of carbonyl (C=O) groups is 1. The van der Waals surface area contributed by atoms with Crippen LogP contribution in [0.2, 0.25) is 0 Å². The molecule has 1 aliphatic rings. The number of amides is 1. The minimum Gasteiger partial charge on any atom is -0.337 e. The monoisotopic (exact) mass is 300 g/mol. The number of halogens is 1. The van der Waals surface area contributed by atoms with Crippen LogP contribution in [-0.2, 0) is 0 Å². The second kappa shape index (κ2) is 7.64. The van der Waals surface area contributed by atoms with Gasteiger partial charge in [0, 0.05) is 18.8 Å². The van der Waals surface area contributed by atoms with Gasteiger partial charge in [0.15, 0.2) is 0 Å². The summed E-state index contributed by atoms with van der Waals surface area (Å²) >= 11 is 0. The lowest BCUT2D eigenvalue weighted by Gasteiger charge is -2.32. The van der Waals surface area contributed by atoms with Crippen molar-refractivity contribution in [3.8, 4) is 0 Å². The minimum absolute atomic E-state index is 0. The summed E-state index contributed by atoms with van der Waals surface area (Å²) in [4.78, 5) is 14.3. The van der Waals surface area contributed by atoms with Gasteiger partial charge in [0.05, 0.1) is 0 Å². The van der Waals surface area contributed by atoms with E-state index in [0.717, 1.165) is 31.7 Å². The standard InChI is InChI=1S/C14H24N4O.ClH/c1-10(2)12-7-13(17-16-12)14(19)18-6-4-5-11(9-18)8-15-3;/h7,10-11,15H,4-6,8-9H2,1-3H3,(H,16,17);1H. The smallest absolute Gasteiger partial charge is 0.274 e. The Hall–Kier alpha value is -1.07. The van der Waals surface area contributed by atoms with Gasteiger partial charge in [-0.3, -0.25) is 9.89 Å². The second-order valence-corrected chi connectivity index (χ2v) is 5.68. The van der Waals surface area contributed by atoms with Crippen molar-refractivity contribution in [3.63, 3.8) is 0 Å². The third-order valence-corrected chi connectivity index (χ3v) is 3.74. The van der Waals surface area contributed by atoms with Gasteiger partial charge >= 0.3 is 0 Å². The molecule has 1 aliphatic heterocycles. The van der Waals surface area contributed by atoms with Crippen LogP contribution in [0.25, 0.3) is 0 Å². The molecule has 1 atom stereocenters. The molecule has 0 radical (unpaired) electrons. The number of nitrogens with one attached hydrogen (secondary N) is 2. The van der Waals surface area contributed by atoms with E-state index in [1.807, 2.05) is 18.0 Å². The molecule has 0 bridgehead atoms. The molecular formula is C14H25ClN4O. The van der Waals surface area contributed by atoms with Crippen molar-refractivity contribution in [2.75, 3.05) is 26.7 Å². The Balaban J connectivity index is 0.00000200. The number of piperidine rings is 1. The highest BCUT2D eigenvalue weighted by Crippen LogP contribution is 2.19. The van der Waals surface area contributed by atoms with Gasteiger partial charge in [-0.2, -0.15) is 5.10 Å². The molecule has 1 fully saturated rings. The Labute approximate surface area is 126 Å². The Kier molecular flexibility index (Phi) is 6.49. The van der Waals surface area contributed by atoms with Gasteiger partial charge in [-0.25, -0.2) is 0 Å². The van der Waals surface area contributed by atoms with E-state index in [2.05, 4.69) is 29.4 Å². The highest BCUT2D eigenvalue weighted by Gasteiger charge is 2.25. The van der Waals surface area contributed by atoms with Crippen molar-refractivity contribution in [2.45, 2.75) is 32.6 Å². The topological polar surface area (TPSA) is 61.0 Å². The molecule has 0 aromatic carbocycles. The molecule has 6 heteroatoms. The molecule has 0 aliphatic carbocycles. The highest BCUT2D eigenvalue weighted by atomic mass is 35.5. The summed E-state index contributed by atoms with van der Waals surface area (Å²) in [6, 6.07) is 1.88. The first-order chi connectivity index (χ1) is 9.11. The number of rotatable bonds is 4. The number of hydrogen-bond acceptors (Lipinski definition) is 3. The van der Waals surface area contributed by atoms with Crippen molar-refractivity contribution in [1.82, 2.24) is 20.4 Å². The van der Waals surface area contributed by atoms with Gasteiger partial charge in [0.1, 0.15) is 5.69 Å². The molecule has 2 N–H and O–H groups in total. The Morgan fingerprint density at radius 1 is 1.60 bits per heavy atom. The number of nitrogens with zero attached hydrogens (tertiary/aromatic N) is 2. The van der Waals surface area contributed by atoms with Crippen molar-refractivity contribution >= 4 is 18.3 Å². The van der Waals surface area contributed by atoms with E-state index in [-0.39, 0.29) is 18.3 Å². The fourth-order valence-corrected chi connectivity index (χ4v) is 2.61. The van der Waals surface area contributed by atoms with Gasteiger partial charge < -0.3 is 10.2 Å². The summed E-state index contributed by atoms with van der Waals surface area (Å²) < 4.78 is 0. The number of likely N-dealkylation sites (tertiary alicyclic amines) is 1. The average Bonchev–Trinajstić information content (AvgIpc) is 2.88. The van der Waals surface area contributed by atoms with Crippen LogP contribution in [0, 0.1) is 5.92 Å². The number of carbonyl (C=O) groups excluding carboxylic acids is 1. The molecule has 1 aromatic heterocycles. The summed E-state index contributed by atoms with van der Waals surface area (Å²) in [6.45, 7) is 6.84. The van der Waals surface area contributed by atoms with Crippen molar-refractivity contribution in [3.05, 3.63) is 17.5 Å². The van der Waals surface area contributed by atoms with E-state index < -0.39 is 0 Å². The van der Waals surface area contributed by atoms with Crippen molar-refractivity contribution < 1.29 is 4.79 Å². The quantitative estimate of drug-likeness (QED) is 0.894. The first-order valence-corrected chi connectivity index (χ1v) is 7.11. The Morgan fingerprint density at radius 2 is 2.35 bits per heavy atom. The van der Waals surface area contributed by atoms with Crippen LogP contribution in [0.4, 0.5) is 0 Å². The third-order valence-electron chi connectivity index (χ3n) is 3.74. The predicted octanol–water partition coefficient (Wildman–Crippen LogP) is 2.03. The number of aromatic amines is 1. The molecule has 0 spiro atoms. The summed E-state index contributed by atoms with van der Waals surface area (Å²) in [5, 5.41) is 10.3. The molecule has 114 valence electrons. The van der Waals surface area contributed by atoms with Crippen LogP contribution >= 0.6 is 12.4 Å². The molecular weight excluding hydrogens is 276 g/mol. The second-order valence-electron chi connectivity index (χ2n) is 5.68. The van der Waals surface area contributed by atoms with E-state index in [9.17, 15) is 4.79 Å². The van der Waals surface area contributed by atoms with E-state index >= 15 is 0 Å². The molecule has 1 unspecified atom stereocenters. The first-order valence-electron chi connectivity index (χ1n) is 7.11. The Morgan fingerprint density at radius 3 is 2.95 bits per heavy atom. The number of H-pyrrole nitrogens is 1. The minimum atomic E-state index is 0. The van der Waals surface area contributed by atoms with Crippen LogP contribution in [0.15, 0.2) is 6.07 Å². The largest absolute Gasteiger partial charge is 0.337 e. The van der Waals surface area contributed by atoms with Crippen molar-refractivity contribution in [2.24, 2.45) is 5.92 Å². The first kappa shape index (κ1) is 17.0. The van der Waals surface area contributed by atoms with E-state index in [1.54, 1.807) is 0 Å². The fourth-order valence-electron chi connectivity index (χ4n) is 2.61. The molecule has 5 nitrogen and oxygen atoms in total. The lowest BCUT2D eigenvalue weighted by atomic mass is 9.98. The number of hydrogen-bond donors (Lipinski definition) is 2. The predicted molar refractivity (Wildman–Crippen MR) is 82.5 cm³/mol. The SMILES string of the molecule is CNCC1CCCN(C(=O)c2cc(C(C)C)[nH]n2)C1.Cl. The summed E-state index contributed by atoms with van der Waals surface area (Å²) in [6.07, 6.45) is 2.28. The van der Waals surface area contributed by atoms with E-state index in [1.165, 1.54) is 6.42 Å². The Bertz CT molecular complexity index is 431. The lowest BCUT2D eigenvalue weighted by molar-refractivity contribution is 0.0668. The van der Waals surface area contributed by atoms with Crippen LogP contribution in [-0.4, -0.2) is 47.7 Å². The highest BCUT2D eigenvalue weighted by molar-refractivity contribution is 5.92. The van der Waals surface area contributed by atoms with Gasteiger partial charge in [0.2, 0.25) is 0 Å². The maximum absolute atomic E-state index is 12.4. The zero-order valence-electron chi connectivity index (χ0n) is 12.5. The molecule has 0 saturated carbocycles. The molecule has 2 rings (SSSR count). The zero-order chi connectivity index (χ0) is 13.8. The average molecular weight is 301 g/mol. The third kappa shape index (κ3) is 3.96. The van der Waals surface area contributed by atoms with Crippen LogP contribution in [0.1, 0.15) is 48.8 Å². The molecule has 1 amide bonds.